The Morgan fingerprint density at radius 2 is 2.13 bits per heavy atom. The van der Waals surface area contributed by atoms with Crippen LogP contribution < -0.4 is 10.5 Å². The summed E-state index contributed by atoms with van der Waals surface area (Å²) in [5, 5.41) is 9.17. The van der Waals surface area contributed by atoms with Crippen LogP contribution in [0.25, 0.3) is 11.0 Å². The monoisotopic (exact) mass is 377 g/mol. The first kappa shape index (κ1) is 14.4. The summed E-state index contributed by atoms with van der Waals surface area (Å²) in [6.07, 6.45) is 6.44. The number of hydrogen-bond acceptors (Lipinski definition) is 5. The van der Waals surface area contributed by atoms with Gasteiger partial charge in [0.2, 0.25) is 5.95 Å². The normalized spacial score (nSPS) is 18.2. The van der Waals surface area contributed by atoms with E-state index in [0.717, 1.165) is 24.0 Å². The minimum Gasteiger partial charge on any atom is -0.340 e. The van der Waals surface area contributed by atoms with Gasteiger partial charge in [0.25, 0.3) is 5.56 Å². The number of hydrogen-bond donors (Lipinski definition) is 0. The van der Waals surface area contributed by atoms with Crippen molar-refractivity contribution in [3.05, 3.63) is 33.4 Å². The van der Waals surface area contributed by atoms with E-state index in [9.17, 15) is 4.79 Å². The summed E-state index contributed by atoms with van der Waals surface area (Å²) in [7, 11) is 3.55. The van der Waals surface area contributed by atoms with E-state index in [2.05, 4.69) is 36.0 Å². The highest BCUT2D eigenvalue weighted by molar-refractivity contribution is 9.10. The van der Waals surface area contributed by atoms with Gasteiger partial charge in [-0.2, -0.15) is 15.2 Å². The van der Waals surface area contributed by atoms with Crippen molar-refractivity contribution in [1.29, 1.82) is 0 Å². The van der Waals surface area contributed by atoms with E-state index in [4.69, 9.17) is 0 Å². The summed E-state index contributed by atoms with van der Waals surface area (Å²) in [5.74, 6) is 0.662. The molecule has 0 spiro atoms. The molecular formula is C14H16BrN7O. The first-order valence-electron chi connectivity index (χ1n) is 7.38. The minimum absolute atomic E-state index is 0.0663. The molecule has 1 saturated heterocycles. The number of rotatable bonds is 2. The smallest absolute Gasteiger partial charge is 0.265 e. The fraction of sp³-hybridized carbons (Fsp3) is 0.429. The third kappa shape index (κ3) is 2.35. The molecule has 0 aromatic carbocycles. The van der Waals surface area contributed by atoms with Crippen molar-refractivity contribution in [1.82, 2.24) is 29.1 Å². The Labute approximate surface area is 140 Å². The summed E-state index contributed by atoms with van der Waals surface area (Å²) >= 11 is 3.42. The lowest BCUT2D eigenvalue weighted by Gasteiger charge is -2.19. The van der Waals surface area contributed by atoms with Gasteiger partial charge in [0.1, 0.15) is 5.39 Å². The van der Waals surface area contributed by atoms with Crippen LogP contribution in [0, 0.1) is 0 Å². The van der Waals surface area contributed by atoms with Crippen molar-refractivity contribution < 1.29 is 0 Å². The molecule has 0 N–H and O–H groups in total. The average Bonchev–Trinajstić information content (AvgIpc) is 3.21. The second-order valence-corrected chi connectivity index (χ2v) is 6.76. The number of fused-ring (bicyclic) bond motifs is 1. The van der Waals surface area contributed by atoms with Gasteiger partial charge in [-0.1, -0.05) is 0 Å². The van der Waals surface area contributed by atoms with Crippen LogP contribution in [0.3, 0.4) is 0 Å². The Balaban J connectivity index is 1.70. The van der Waals surface area contributed by atoms with E-state index in [1.807, 2.05) is 10.9 Å². The van der Waals surface area contributed by atoms with Crippen LogP contribution in [0.5, 0.6) is 0 Å². The molecule has 0 radical (unpaired) electrons. The summed E-state index contributed by atoms with van der Waals surface area (Å²) in [6.45, 7) is 1.60. The molecule has 1 atom stereocenters. The molecule has 120 valence electrons. The van der Waals surface area contributed by atoms with Gasteiger partial charge in [0.15, 0.2) is 5.65 Å². The molecule has 0 bridgehead atoms. The molecular weight excluding hydrogens is 362 g/mol. The number of anilines is 1. The lowest BCUT2D eigenvalue weighted by Crippen LogP contribution is -2.30. The van der Waals surface area contributed by atoms with Crippen molar-refractivity contribution in [2.24, 2.45) is 14.1 Å². The van der Waals surface area contributed by atoms with E-state index in [1.165, 1.54) is 0 Å². The van der Waals surface area contributed by atoms with Crippen LogP contribution in [-0.2, 0) is 14.1 Å². The van der Waals surface area contributed by atoms with Crippen LogP contribution in [-0.4, -0.2) is 42.2 Å². The van der Waals surface area contributed by atoms with Gasteiger partial charge in [-0.15, -0.1) is 0 Å². The number of aromatic nitrogens is 6. The molecule has 0 saturated carbocycles. The zero-order valence-electron chi connectivity index (χ0n) is 12.8. The number of aryl methyl sites for hydroxylation is 1. The highest BCUT2D eigenvalue weighted by atomic mass is 79.9. The molecule has 8 nitrogen and oxygen atoms in total. The van der Waals surface area contributed by atoms with Crippen molar-refractivity contribution in [2.75, 3.05) is 18.0 Å². The van der Waals surface area contributed by atoms with Gasteiger partial charge < -0.3 is 4.90 Å². The molecule has 4 heterocycles. The van der Waals surface area contributed by atoms with E-state index < -0.39 is 0 Å². The molecule has 9 heteroatoms. The lowest BCUT2D eigenvalue weighted by molar-refractivity contribution is 0.493. The maximum atomic E-state index is 12.5. The first-order chi connectivity index (χ1) is 11.0. The van der Waals surface area contributed by atoms with E-state index in [-0.39, 0.29) is 11.6 Å². The molecule has 1 aliphatic rings. The van der Waals surface area contributed by atoms with Crippen molar-refractivity contribution in [2.45, 2.75) is 12.5 Å². The van der Waals surface area contributed by atoms with Crippen LogP contribution >= 0.6 is 15.9 Å². The highest BCUT2D eigenvalue weighted by Crippen LogP contribution is 2.26. The van der Waals surface area contributed by atoms with Gasteiger partial charge in [-0.3, -0.25) is 18.7 Å². The topological polar surface area (TPSA) is 73.8 Å². The van der Waals surface area contributed by atoms with Gasteiger partial charge in [0, 0.05) is 39.6 Å². The molecule has 1 fully saturated rings. The lowest BCUT2D eigenvalue weighted by atomic mass is 10.3. The Kier molecular flexibility index (Phi) is 3.26. The van der Waals surface area contributed by atoms with Crippen LogP contribution in [0.1, 0.15) is 12.5 Å². The Hall–Kier alpha value is -2.16. The fourth-order valence-corrected chi connectivity index (χ4v) is 3.39. The molecule has 3 aromatic heterocycles. The number of nitrogens with zero attached hydrogens (tertiary/aromatic N) is 7. The Morgan fingerprint density at radius 3 is 2.87 bits per heavy atom. The molecule has 1 unspecified atom stereocenters. The second-order valence-electron chi connectivity index (χ2n) is 5.84. The maximum absolute atomic E-state index is 12.5. The zero-order chi connectivity index (χ0) is 16.1. The summed E-state index contributed by atoms with van der Waals surface area (Å²) in [6, 6.07) is 0.276. The summed E-state index contributed by atoms with van der Waals surface area (Å²) < 4.78 is 6.15. The third-order valence-electron chi connectivity index (χ3n) is 4.24. The van der Waals surface area contributed by atoms with Crippen molar-refractivity contribution in [3.63, 3.8) is 0 Å². The Bertz CT molecular complexity index is 940. The third-order valence-corrected chi connectivity index (χ3v) is 4.65. The predicted molar refractivity (Wildman–Crippen MR) is 89.5 cm³/mol. The maximum Gasteiger partial charge on any atom is 0.265 e. The van der Waals surface area contributed by atoms with Crippen molar-refractivity contribution >= 4 is 32.9 Å². The standard InChI is InChI=1S/C14H16BrN7O/c1-19-8-11-12(18-19)17-14(20(2)13(11)23)21-4-3-10(7-21)22-6-9(15)5-16-22/h5-6,8,10H,3-4,7H2,1-2H3. The predicted octanol–water partition coefficient (Wildman–Crippen LogP) is 1.08. The van der Waals surface area contributed by atoms with Gasteiger partial charge >= 0.3 is 0 Å². The van der Waals surface area contributed by atoms with Crippen LogP contribution in [0.4, 0.5) is 5.95 Å². The molecule has 0 aliphatic carbocycles. The van der Waals surface area contributed by atoms with Crippen molar-refractivity contribution in [3.8, 4) is 0 Å². The largest absolute Gasteiger partial charge is 0.340 e. The second kappa shape index (κ2) is 5.19. The average molecular weight is 378 g/mol. The Morgan fingerprint density at radius 1 is 1.30 bits per heavy atom. The number of halogens is 1. The molecule has 1 aliphatic heterocycles. The molecule has 4 rings (SSSR count). The first-order valence-corrected chi connectivity index (χ1v) is 8.17. The van der Waals surface area contributed by atoms with E-state index >= 15 is 0 Å². The highest BCUT2D eigenvalue weighted by Gasteiger charge is 2.27. The van der Waals surface area contributed by atoms with Crippen LogP contribution in [0.15, 0.2) is 27.9 Å². The SMILES string of the molecule is Cn1cc2c(=O)n(C)c(N3CCC(n4cc(Br)cn4)C3)nc2n1. The quantitative estimate of drug-likeness (QED) is 0.667. The van der Waals surface area contributed by atoms with Gasteiger partial charge in [-0.05, 0) is 22.4 Å². The summed E-state index contributed by atoms with van der Waals surface area (Å²) in [4.78, 5) is 19.2. The van der Waals surface area contributed by atoms with E-state index in [1.54, 1.807) is 35.7 Å². The van der Waals surface area contributed by atoms with E-state index in [0.29, 0.717) is 17.0 Å². The van der Waals surface area contributed by atoms with Gasteiger partial charge in [0.05, 0.1) is 16.7 Å². The molecule has 3 aromatic rings. The van der Waals surface area contributed by atoms with Gasteiger partial charge in [-0.25, -0.2) is 0 Å². The molecule has 23 heavy (non-hydrogen) atoms. The fourth-order valence-electron chi connectivity index (χ4n) is 3.09. The minimum atomic E-state index is -0.0663. The van der Waals surface area contributed by atoms with Crippen LogP contribution in [0.2, 0.25) is 0 Å². The zero-order valence-corrected chi connectivity index (χ0v) is 14.4. The molecule has 0 amide bonds. The summed E-state index contributed by atoms with van der Waals surface area (Å²) in [5.41, 5.74) is 0.430.